The van der Waals surface area contributed by atoms with Crippen molar-refractivity contribution in [1.29, 1.82) is 0 Å². The fourth-order valence-corrected chi connectivity index (χ4v) is 2.79. The molecule has 0 aromatic rings. The maximum atomic E-state index is 11.7. The molecular formula is C15H28N2O5. The third kappa shape index (κ3) is 5.14. The van der Waals surface area contributed by atoms with Gasteiger partial charge in [0.1, 0.15) is 11.1 Å². The van der Waals surface area contributed by atoms with Gasteiger partial charge in [0.2, 0.25) is 0 Å². The van der Waals surface area contributed by atoms with E-state index in [9.17, 15) is 19.8 Å². The number of ether oxygens (including phenoxy) is 1. The number of amides is 1. The summed E-state index contributed by atoms with van der Waals surface area (Å²) in [5, 5.41) is 24.8. The molecule has 1 aliphatic carbocycles. The summed E-state index contributed by atoms with van der Waals surface area (Å²) in [6, 6.07) is 0. The number of aliphatic carboxylic acids is 1. The van der Waals surface area contributed by atoms with Gasteiger partial charge in [-0.3, -0.25) is 10.1 Å². The molecule has 7 nitrogen and oxygen atoms in total. The number of aliphatic hydroxyl groups is 1. The van der Waals surface area contributed by atoms with Crippen LogP contribution in [0.15, 0.2) is 0 Å². The zero-order valence-electron chi connectivity index (χ0n) is 13.8. The second-order valence-electron chi connectivity index (χ2n) is 6.96. The van der Waals surface area contributed by atoms with Crippen molar-refractivity contribution in [1.82, 2.24) is 10.6 Å². The predicted octanol–water partition coefficient (Wildman–Crippen LogP) is 1.11. The highest BCUT2D eigenvalue weighted by Gasteiger charge is 2.46. The molecule has 1 amide bonds. The number of nitrogens with one attached hydrogen (secondary N) is 2. The molecule has 0 aromatic carbocycles. The Balaban J connectivity index is 2.46. The number of carboxylic acid groups (broad SMARTS) is 1. The van der Waals surface area contributed by atoms with Crippen molar-refractivity contribution in [3.8, 4) is 0 Å². The molecule has 0 bridgehead atoms. The van der Waals surface area contributed by atoms with Crippen LogP contribution in [0.2, 0.25) is 0 Å². The molecule has 128 valence electrons. The first-order valence-corrected chi connectivity index (χ1v) is 7.70. The number of alkyl carbamates (subject to hydrolysis) is 1. The van der Waals surface area contributed by atoms with Crippen LogP contribution in [0.5, 0.6) is 0 Å². The summed E-state index contributed by atoms with van der Waals surface area (Å²) in [6.45, 7) is 7.76. The van der Waals surface area contributed by atoms with Crippen molar-refractivity contribution < 1.29 is 24.5 Å². The Morgan fingerprint density at radius 3 is 2.45 bits per heavy atom. The van der Waals surface area contributed by atoms with Crippen molar-refractivity contribution in [2.75, 3.05) is 13.1 Å². The fraction of sp³-hybridized carbons (Fsp3) is 0.867. The molecule has 0 radical (unpaired) electrons. The van der Waals surface area contributed by atoms with Crippen LogP contribution in [-0.2, 0) is 9.53 Å². The van der Waals surface area contributed by atoms with Crippen molar-refractivity contribution >= 4 is 12.1 Å². The molecule has 7 heteroatoms. The van der Waals surface area contributed by atoms with Crippen LogP contribution in [0.25, 0.3) is 0 Å². The van der Waals surface area contributed by atoms with Crippen LogP contribution in [0.4, 0.5) is 4.79 Å². The average Bonchev–Trinajstić information content (AvgIpc) is 2.34. The van der Waals surface area contributed by atoms with Gasteiger partial charge in [0.05, 0.1) is 6.10 Å². The van der Waals surface area contributed by atoms with Gasteiger partial charge in [0, 0.05) is 13.1 Å². The van der Waals surface area contributed by atoms with Gasteiger partial charge in [-0.05, 0) is 46.0 Å². The van der Waals surface area contributed by atoms with E-state index >= 15 is 0 Å². The van der Waals surface area contributed by atoms with Crippen LogP contribution in [0.1, 0.15) is 47.0 Å². The zero-order chi connectivity index (χ0) is 17.0. The van der Waals surface area contributed by atoms with E-state index in [0.717, 1.165) is 0 Å². The Hall–Kier alpha value is -1.34. The molecular weight excluding hydrogens is 288 g/mol. The molecule has 4 N–H and O–H groups in total. The van der Waals surface area contributed by atoms with Crippen molar-refractivity contribution in [3.05, 3.63) is 0 Å². The minimum atomic E-state index is -1.05. The standard InChI is InChI=1S/C15H28N2O5/c1-10-9-11(18)5-6-15(10,12(19)20)17-8-7-16-13(21)22-14(2,3)4/h10-11,17-18H,5-9H2,1-4H3,(H,16,21)(H,19,20)/t10-,11-,15?/m0/s1. The number of aliphatic hydroxyl groups excluding tert-OH is 1. The van der Waals surface area contributed by atoms with E-state index in [1.54, 1.807) is 20.8 Å². The van der Waals surface area contributed by atoms with Crippen LogP contribution >= 0.6 is 0 Å². The van der Waals surface area contributed by atoms with E-state index in [1.165, 1.54) is 0 Å². The van der Waals surface area contributed by atoms with E-state index in [-0.39, 0.29) is 12.5 Å². The molecule has 1 rings (SSSR count). The Morgan fingerprint density at radius 2 is 1.95 bits per heavy atom. The maximum Gasteiger partial charge on any atom is 0.407 e. The molecule has 0 aliphatic heterocycles. The minimum absolute atomic E-state index is 0.185. The zero-order valence-corrected chi connectivity index (χ0v) is 13.8. The van der Waals surface area contributed by atoms with Crippen LogP contribution in [0.3, 0.4) is 0 Å². The molecule has 0 saturated heterocycles. The summed E-state index contributed by atoms with van der Waals surface area (Å²) in [5.74, 6) is -1.10. The number of hydrogen-bond acceptors (Lipinski definition) is 5. The quantitative estimate of drug-likeness (QED) is 0.566. The molecule has 0 heterocycles. The third-order valence-corrected chi connectivity index (χ3v) is 3.95. The first-order chi connectivity index (χ1) is 10.1. The van der Waals surface area contributed by atoms with Crippen LogP contribution in [0, 0.1) is 5.92 Å². The summed E-state index contributed by atoms with van der Waals surface area (Å²) in [5.41, 5.74) is -1.61. The lowest BCUT2D eigenvalue weighted by atomic mass is 9.72. The fourth-order valence-electron chi connectivity index (χ4n) is 2.79. The number of rotatable bonds is 5. The topological polar surface area (TPSA) is 108 Å². The first kappa shape index (κ1) is 18.7. The summed E-state index contributed by atoms with van der Waals surface area (Å²) < 4.78 is 5.11. The lowest BCUT2D eigenvalue weighted by Crippen LogP contribution is -2.60. The summed E-state index contributed by atoms with van der Waals surface area (Å²) >= 11 is 0. The molecule has 0 spiro atoms. The lowest BCUT2D eigenvalue weighted by molar-refractivity contribution is -0.150. The van der Waals surface area contributed by atoms with Crippen molar-refractivity contribution in [2.24, 2.45) is 5.92 Å². The summed E-state index contributed by atoms with van der Waals surface area (Å²) in [7, 11) is 0. The predicted molar refractivity (Wildman–Crippen MR) is 81.6 cm³/mol. The second-order valence-corrected chi connectivity index (χ2v) is 6.96. The smallest absolute Gasteiger partial charge is 0.407 e. The molecule has 1 fully saturated rings. The number of carbonyl (C=O) groups is 2. The molecule has 1 unspecified atom stereocenters. The van der Waals surface area contributed by atoms with Crippen molar-refractivity contribution in [2.45, 2.75) is 64.2 Å². The normalized spacial score (nSPS) is 29.0. The monoisotopic (exact) mass is 316 g/mol. The van der Waals surface area contributed by atoms with E-state index < -0.39 is 29.3 Å². The van der Waals surface area contributed by atoms with Crippen LogP contribution < -0.4 is 10.6 Å². The molecule has 1 aliphatic rings. The summed E-state index contributed by atoms with van der Waals surface area (Å²) in [6.07, 6.45) is 0.328. The highest BCUT2D eigenvalue weighted by atomic mass is 16.6. The molecule has 1 saturated carbocycles. The molecule has 22 heavy (non-hydrogen) atoms. The largest absolute Gasteiger partial charge is 0.480 e. The number of hydrogen-bond donors (Lipinski definition) is 4. The highest BCUT2D eigenvalue weighted by molar-refractivity contribution is 5.79. The Labute approximate surface area is 131 Å². The van der Waals surface area contributed by atoms with Gasteiger partial charge in [-0.1, -0.05) is 6.92 Å². The van der Waals surface area contributed by atoms with Gasteiger partial charge in [-0.2, -0.15) is 0 Å². The Morgan fingerprint density at radius 1 is 1.32 bits per heavy atom. The van der Waals surface area contributed by atoms with Crippen molar-refractivity contribution in [3.63, 3.8) is 0 Å². The van der Waals surface area contributed by atoms with E-state index in [2.05, 4.69) is 10.6 Å². The van der Waals surface area contributed by atoms with Gasteiger partial charge in [-0.15, -0.1) is 0 Å². The summed E-state index contributed by atoms with van der Waals surface area (Å²) in [4.78, 5) is 23.2. The Kier molecular flexibility index (Phi) is 6.19. The van der Waals surface area contributed by atoms with Gasteiger partial charge in [0.25, 0.3) is 0 Å². The van der Waals surface area contributed by atoms with Gasteiger partial charge < -0.3 is 20.3 Å². The minimum Gasteiger partial charge on any atom is -0.480 e. The lowest BCUT2D eigenvalue weighted by Gasteiger charge is -2.41. The molecule has 3 atom stereocenters. The average molecular weight is 316 g/mol. The van der Waals surface area contributed by atoms with Gasteiger partial charge in [0.15, 0.2) is 0 Å². The van der Waals surface area contributed by atoms with E-state index in [4.69, 9.17) is 4.74 Å². The van der Waals surface area contributed by atoms with E-state index in [0.29, 0.717) is 25.8 Å². The van der Waals surface area contributed by atoms with Gasteiger partial charge in [-0.25, -0.2) is 4.79 Å². The first-order valence-electron chi connectivity index (χ1n) is 7.70. The third-order valence-electron chi connectivity index (χ3n) is 3.95. The Bertz CT molecular complexity index is 407. The second kappa shape index (κ2) is 7.28. The molecule has 0 aromatic heterocycles. The van der Waals surface area contributed by atoms with Crippen LogP contribution in [-0.4, -0.2) is 52.6 Å². The number of carboxylic acids is 1. The van der Waals surface area contributed by atoms with E-state index in [1.807, 2.05) is 6.92 Å². The van der Waals surface area contributed by atoms with Gasteiger partial charge >= 0.3 is 12.1 Å². The SMILES string of the molecule is C[C@H]1C[C@@H](O)CCC1(NCCNC(=O)OC(C)(C)C)C(=O)O. The highest BCUT2D eigenvalue weighted by Crippen LogP contribution is 2.34. The number of carbonyl (C=O) groups excluding carboxylic acids is 1. The maximum absolute atomic E-state index is 11.7.